The summed E-state index contributed by atoms with van der Waals surface area (Å²) < 4.78 is 17.4. The summed E-state index contributed by atoms with van der Waals surface area (Å²) in [6.07, 6.45) is 7.29. The molecule has 3 rings (SSSR count). The van der Waals surface area contributed by atoms with Gasteiger partial charge in [-0.25, -0.2) is 0 Å². The second kappa shape index (κ2) is 6.06. The van der Waals surface area contributed by atoms with Gasteiger partial charge in [0.05, 0.1) is 37.6 Å². The number of rotatable bonds is 3. The molecule has 3 atom stereocenters. The summed E-state index contributed by atoms with van der Waals surface area (Å²) in [7, 11) is 0. The summed E-state index contributed by atoms with van der Waals surface area (Å²) in [6.45, 7) is 2.89. The van der Waals surface area contributed by atoms with Gasteiger partial charge in [0.1, 0.15) is 0 Å². The lowest BCUT2D eigenvalue weighted by Gasteiger charge is -2.43. The molecule has 0 aromatic rings. The van der Waals surface area contributed by atoms with E-state index in [1.54, 1.807) is 0 Å². The molecule has 2 aliphatic heterocycles. The molecule has 3 aliphatic rings. The number of hydrazine groups is 1. The largest absolute Gasteiger partial charge is 0.376 e. The van der Waals surface area contributed by atoms with Gasteiger partial charge in [-0.2, -0.15) is 0 Å². The fourth-order valence-corrected chi connectivity index (χ4v) is 4.00. The molecule has 5 nitrogen and oxygen atoms in total. The molecule has 1 aliphatic carbocycles. The van der Waals surface area contributed by atoms with Crippen LogP contribution in [-0.4, -0.2) is 44.2 Å². The highest BCUT2D eigenvalue weighted by molar-refractivity contribution is 4.96. The Hall–Kier alpha value is -0.200. The standard InChI is InChI=1S/C14H26N2O3/c15-16-13(12-10-17-7-8-18-12)11-3-6-19-14(9-11)4-1-2-5-14/h11-13,16H,1-10,15H2. The number of nitrogens with one attached hydrogen (secondary N) is 1. The molecule has 19 heavy (non-hydrogen) atoms. The maximum Gasteiger partial charge on any atom is 0.0978 e. The van der Waals surface area contributed by atoms with Crippen molar-refractivity contribution in [1.29, 1.82) is 0 Å². The Morgan fingerprint density at radius 3 is 2.68 bits per heavy atom. The van der Waals surface area contributed by atoms with Gasteiger partial charge < -0.3 is 14.2 Å². The summed E-state index contributed by atoms with van der Waals surface area (Å²) >= 11 is 0. The zero-order chi connectivity index (χ0) is 13.1. The van der Waals surface area contributed by atoms with Crippen LogP contribution in [0, 0.1) is 5.92 Å². The van der Waals surface area contributed by atoms with Crippen LogP contribution in [0.4, 0.5) is 0 Å². The van der Waals surface area contributed by atoms with Crippen LogP contribution in [0.3, 0.4) is 0 Å². The summed E-state index contributed by atoms with van der Waals surface area (Å²) in [5.74, 6) is 6.33. The van der Waals surface area contributed by atoms with Crippen LogP contribution in [0.2, 0.25) is 0 Å². The zero-order valence-electron chi connectivity index (χ0n) is 11.6. The van der Waals surface area contributed by atoms with Crippen molar-refractivity contribution in [1.82, 2.24) is 5.43 Å². The monoisotopic (exact) mass is 270 g/mol. The Kier molecular flexibility index (Phi) is 4.39. The molecule has 3 N–H and O–H groups in total. The Bertz CT molecular complexity index is 288. The molecule has 0 radical (unpaired) electrons. The van der Waals surface area contributed by atoms with E-state index in [0.29, 0.717) is 25.7 Å². The topological polar surface area (TPSA) is 65.7 Å². The first-order valence-electron chi connectivity index (χ1n) is 7.62. The Morgan fingerprint density at radius 1 is 1.16 bits per heavy atom. The normalized spacial score (nSPS) is 36.5. The molecule has 0 aromatic heterocycles. The third-order valence-electron chi connectivity index (χ3n) is 4.99. The van der Waals surface area contributed by atoms with E-state index in [9.17, 15) is 0 Å². The maximum absolute atomic E-state index is 6.10. The first kappa shape index (κ1) is 13.8. The lowest BCUT2D eigenvalue weighted by molar-refractivity contribution is -0.136. The molecular weight excluding hydrogens is 244 g/mol. The molecule has 0 amide bonds. The molecule has 5 heteroatoms. The van der Waals surface area contributed by atoms with Gasteiger partial charge in [0.2, 0.25) is 0 Å². The summed E-state index contributed by atoms with van der Waals surface area (Å²) in [4.78, 5) is 0. The summed E-state index contributed by atoms with van der Waals surface area (Å²) in [6, 6.07) is 0.182. The van der Waals surface area contributed by atoms with Crippen LogP contribution in [0.15, 0.2) is 0 Å². The first-order chi connectivity index (χ1) is 9.33. The molecule has 2 saturated heterocycles. The lowest BCUT2D eigenvalue weighted by atomic mass is 9.79. The Labute approximate surface area is 115 Å². The number of nitrogens with two attached hydrogens (primary N) is 1. The second-order valence-corrected chi connectivity index (χ2v) is 6.17. The van der Waals surface area contributed by atoms with E-state index in [1.807, 2.05) is 0 Å². The minimum absolute atomic E-state index is 0.0836. The van der Waals surface area contributed by atoms with E-state index in [2.05, 4.69) is 5.43 Å². The lowest BCUT2D eigenvalue weighted by Crippen LogP contribution is -2.56. The van der Waals surface area contributed by atoms with Crippen LogP contribution in [-0.2, 0) is 14.2 Å². The molecule has 3 unspecified atom stereocenters. The quantitative estimate of drug-likeness (QED) is 0.591. The van der Waals surface area contributed by atoms with Gasteiger partial charge in [0.25, 0.3) is 0 Å². The van der Waals surface area contributed by atoms with E-state index in [4.69, 9.17) is 20.1 Å². The van der Waals surface area contributed by atoms with Crippen LogP contribution < -0.4 is 11.3 Å². The third kappa shape index (κ3) is 2.95. The molecule has 1 saturated carbocycles. The average molecular weight is 270 g/mol. The smallest absolute Gasteiger partial charge is 0.0978 e. The van der Waals surface area contributed by atoms with Crippen LogP contribution in [0.1, 0.15) is 38.5 Å². The fourth-order valence-electron chi connectivity index (χ4n) is 4.00. The van der Waals surface area contributed by atoms with Crippen molar-refractivity contribution in [3.63, 3.8) is 0 Å². The van der Waals surface area contributed by atoms with E-state index in [0.717, 1.165) is 19.4 Å². The van der Waals surface area contributed by atoms with E-state index in [-0.39, 0.29) is 17.7 Å². The maximum atomic E-state index is 6.10. The van der Waals surface area contributed by atoms with Crippen molar-refractivity contribution < 1.29 is 14.2 Å². The van der Waals surface area contributed by atoms with Crippen molar-refractivity contribution in [3.8, 4) is 0 Å². The first-order valence-corrected chi connectivity index (χ1v) is 7.62. The number of ether oxygens (including phenoxy) is 3. The molecule has 3 fully saturated rings. The van der Waals surface area contributed by atoms with E-state index in [1.165, 1.54) is 25.7 Å². The van der Waals surface area contributed by atoms with Crippen molar-refractivity contribution in [3.05, 3.63) is 0 Å². The molecule has 0 aromatic carbocycles. The second-order valence-electron chi connectivity index (χ2n) is 6.17. The Balaban J connectivity index is 1.64. The number of hydrogen-bond donors (Lipinski definition) is 2. The van der Waals surface area contributed by atoms with Crippen LogP contribution in [0.25, 0.3) is 0 Å². The van der Waals surface area contributed by atoms with E-state index < -0.39 is 0 Å². The van der Waals surface area contributed by atoms with Gasteiger partial charge in [-0.15, -0.1) is 0 Å². The summed E-state index contributed by atoms with van der Waals surface area (Å²) in [5, 5.41) is 0. The van der Waals surface area contributed by atoms with Crippen molar-refractivity contribution in [2.45, 2.75) is 56.3 Å². The zero-order valence-corrected chi connectivity index (χ0v) is 11.6. The molecular formula is C14H26N2O3. The van der Waals surface area contributed by atoms with Crippen LogP contribution in [0.5, 0.6) is 0 Å². The molecule has 1 spiro atoms. The predicted octanol–water partition coefficient (Wildman–Crippen LogP) is 0.973. The fraction of sp³-hybridized carbons (Fsp3) is 1.00. The van der Waals surface area contributed by atoms with Crippen molar-refractivity contribution in [2.75, 3.05) is 26.4 Å². The predicted molar refractivity (Wildman–Crippen MR) is 71.5 cm³/mol. The molecule has 110 valence electrons. The number of hydrogen-bond acceptors (Lipinski definition) is 5. The van der Waals surface area contributed by atoms with Gasteiger partial charge in [-0.05, 0) is 31.6 Å². The summed E-state index contributed by atoms with van der Waals surface area (Å²) in [5.41, 5.74) is 3.12. The molecule has 2 heterocycles. The average Bonchev–Trinajstić information content (AvgIpc) is 2.89. The van der Waals surface area contributed by atoms with Gasteiger partial charge in [0, 0.05) is 6.61 Å². The Morgan fingerprint density at radius 2 is 2.00 bits per heavy atom. The van der Waals surface area contributed by atoms with Crippen LogP contribution >= 0.6 is 0 Å². The highest BCUT2D eigenvalue weighted by Gasteiger charge is 2.43. The van der Waals surface area contributed by atoms with Gasteiger partial charge >= 0.3 is 0 Å². The minimum atomic E-state index is 0.0836. The SMILES string of the molecule is NNC(C1CCOC2(CCCC2)C1)C1COCCO1. The minimum Gasteiger partial charge on any atom is -0.376 e. The van der Waals surface area contributed by atoms with Gasteiger partial charge in [-0.3, -0.25) is 11.3 Å². The highest BCUT2D eigenvalue weighted by atomic mass is 16.6. The van der Waals surface area contributed by atoms with Gasteiger partial charge in [-0.1, -0.05) is 12.8 Å². The highest BCUT2D eigenvalue weighted by Crippen LogP contribution is 2.43. The van der Waals surface area contributed by atoms with E-state index >= 15 is 0 Å². The third-order valence-corrected chi connectivity index (χ3v) is 4.99. The van der Waals surface area contributed by atoms with Gasteiger partial charge in [0.15, 0.2) is 0 Å². The molecule has 0 bridgehead atoms. The van der Waals surface area contributed by atoms with Crippen molar-refractivity contribution >= 4 is 0 Å². The van der Waals surface area contributed by atoms with Crippen molar-refractivity contribution in [2.24, 2.45) is 11.8 Å².